The molecule has 0 aliphatic carbocycles. The zero-order valence-corrected chi connectivity index (χ0v) is 19.5. The third-order valence-electron chi connectivity index (χ3n) is 6.42. The molecule has 2 amide bonds. The maximum Gasteiger partial charge on any atom is 0.313 e. The highest BCUT2D eigenvalue weighted by Gasteiger charge is 2.27. The molecule has 6 nitrogen and oxygen atoms in total. The molecular weight excluding hydrogens is 412 g/mol. The number of aryl methyl sites for hydroxylation is 1. The molecule has 2 N–H and O–H groups in total. The molecule has 4 rings (SSSR count). The first-order valence-electron chi connectivity index (χ1n) is 11.5. The first-order valence-corrected chi connectivity index (χ1v) is 11.5. The van der Waals surface area contributed by atoms with Gasteiger partial charge in [-0.1, -0.05) is 50.2 Å². The number of nitrogens with one attached hydrogen (secondary N) is 2. The van der Waals surface area contributed by atoms with Gasteiger partial charge in [0.25, 0.3) is 0 Å². The van der Waals surface area contributed by atoms with Crippen molar-refractivity contribution in [2.75, 3.05) is 18.4 Å². The highest BCUT2D eigenvalue weighted by molar-refractivity contribution is 6.39. The van der Waals surface area contributed by atoms with Crippen LogP contribution in [-0.2, 0) is 29.6 Å². The summed E-state index contributed by atoms with van der Waals surface area (Å²) in [4.78, 5) is 27.5. The Morgan fingerprint density at radius 1 is 0.939 bits per heavy atom. The average Bonchev–Trinajstić information content (AvgIpc) is 3.24. The van der Waals surface area contributed by atoms with E-state index in [0.29, 0.717) is 18.2 Å². The highest BCUT2D eigenvalue weighted by atomic mass is 16.2. The number of rotatable bonds is 6. The van der Waals surface area contributed by atoms with Crippen molar-refractivity contribution in [3.63, 3.8) is 0 Å². The van der Waals surface area contributed by atoms with Gasteiger partial charge in [-0.3, -0.25) is 14.5 Å². The van der Waals surface area contributed by atoms with Crippen LogP contribution in [0.25, 0.3) is 0 Å². The smallest absolute Gasteiger partial charge is 0.313 e. The molecule has 0 radical (unpaired) electrons. The number of aromatic nitrogens is 1. The summed E-state index contributed by atoms with van der Waals surface area (Å²) in [7, 11) is 2.01. The van der Waals surface area contributed by atoms with Crippen molar-refractivity contribution in [3.05, 3.63) is 89.2 Å². The number of nitrogens with zero attached hydrogens (tertiary/aromatic N) is 2. The van der Waals surface area contributed by atoms with Crippen LogP contribution in [0.5, 0.6) is 0 Å². The monoisotopic (exact) mass is 444 g/mol. The molecule has 0 spiro atoms. The molecule has 0 saturated heterocycles. The number of benzene rings is 2. The lowest BCUT2D eigenvalue weighted by Gasteiger charge is -2.36. The maximum atomic E-state index is 12.6. The van der Waals surface area contributed by atoms with Gasteiger partial charge in [-0.2, -0.15) is 0 Å². The third kappa shape index (κ3) is 5.34. The minimum absolute atomic E-state index is 0.0274. The molecule has 3 aromatic rings. The summed E-state index contributed by atoms with van der Waals surface area (Å²) in [6, 6.07) is 20.2. The van der Waals surface area contributed by atoms with Crippen molar-refractivity contribution < 1.29 is 9.59 Å². The zero-order chi connectivity index (χ0) is 23.4. The Morgan fingerprint density at radius 2 is 1.67 bits per heavy atom. The second kappa shape index (κ2) is 10.0. The van der Waals surface area contributed by atoms with Crippen LogP contribution < -0.4 is 10.6 Å². The van der Waals surface area contributed by atoms with Gasteiger partial charge < -0.3 is 15.2 Å². The van der Waals surface area contributed by atoms with Gasteiger partial charge in [0, 0.05) is 44.3 Å². The molecule has 6 heteroatoms. The van der Waals surface area contributed by atoms with Crippen molar-refractivity contribution in [1.29, 1.82) is 0 Å². The molecule has 1 aliphatic heterocycles. The van der Waals surface area contributed by atoms with E-state index in [4.69, 9.17) is 0 Å². The Hall–Kier alpha value is -3.38. The first-order chi connectivity index (χ1) is 15.9. The van der Waals surface area contributed by atoms with Crippen molar-refractivity contribution in [3.8, 4) is 0 Å². The van der Waals surface area contributed by atoms with Gasteiger partial charge in [0.15, 0.2) is 0 Å². The van der Waals surface area contributed by atoms with E-state index in [2.05, 4.69) is 64.3 Å². The number of anilines is 1. The summed E-state index contributed by atoms with van der Waals surface area (Å²) in [5, 5.41) is 5.56. The zero-order valence-electron chi connectivity index (χ0n) is 19.5. The molecule has 1 aliphatic rings. The van der Waals surface area contributed by atoms with E-state index in [1.807, 2.05) is 43.6 Å². The molecular formula is C27H32N4O2. The minimum atomic E-state index is -0.651. The van der Waals surface area contributed by atoms with Crippen LogP contribution in [0.1, 0.15) is 48.2 Å². The van der Waals surface area contributed by atoms with E-state index in [1.54, 1.807) is 0 Å². The molecule has 172 valence electrons. The van der Waals surface area contributed by atoms with Gasteiger partial charge >= 0.3 is 11.8 Å². The summed E-state index contributed by atoms with van der Waals surface area (Å²) in [5.74, 6) is -0.865. The summed E-state index contributed by atoms with van der Waals surface area (Å²) in [6.45, 7) is 6.31. The van der Waals surface area contributed by atoms with Crippen molar-refractivity contribution in [2.45, 2.75) is 38.8 Å². The predicted octanol–water partition coefficient (Wildman–Crippen LogP) is 4.00. The van der Waals surface area contributed by atoms with Gasteiger partial charge in [0.05, 0.1) is 6.04 Å². The van der Waals surface area contributed by atoms with Crippen molar-refractivity contribution in [2.24, 2.45) is 7.05 Å². The number of hydrogen-bond acceptors (Lipinski definition) is 3. The van der Waals surface area contributed by atoms with Crippen LogP contribution in [0, 0.1) is 0 Å². The molecule has 0 fully saturated rings. The van der Waals surface area contributed by atoms with E-state index < -0.39 is 11.8 Å². The first kappa shape index (κ1) is 22.8. The highest BCUT2D eigenvalue weighted by Crippen LogP contribution is 2.27. The molecule has 2 aromatic carbocycles. The van der Waals surface area contributed by atoms with Gasteiger partial charge in [0.2, 0.25) is 0 Å². The van der Waals surface area contributed by atoms with Gasteiger partial charge in [0.1, 0.15) is 0 Å². The topological polar surface area (TPSA) is 66.4 Å². The van der Waals surface area contributed by atoms with E-state index in [-0.39, 0.29) is 6.04 Å². The Kier molecular flexibility index (Phi) is 6.94. The van der Waals surface area contributed by atoms with Crippen LogP contribution >= 0.6 is 0 Å². The summed E-state index contributed by atoms with van der Waals surface area (Å²) >= 11 is 0. The molecule has 1 atom stereocenters. The van der Waals surface area contributed by atoms with Crippen LogP contribution in [0.4, 0.5) is 5.69 Å². The summed E-state index contributed by atoms with van der Waals surface area (Å²) < 4.78 is 2.08. The van der Waals surface area contributed by atoms with E-state index in [0.717, 1.165) is 25.2 Å². The lowest BCUT2D eigenvalue weighted by Crippen LogP contribution is -2.44. The molecule has 0 saturated carbocycles. The minimum Gasteiger partial charge on any atom is -0.353 e. The normalized spacial score (nSPS) is 14.5. The SMILES string of the molecule is CC(C)c1ccc(NC(=O)C(=O)NC[C@@H](c2cccn2C)N2CCc3ccccc3C2)cc1. The number of carbonyl (C=O) groups excluding carboxylic acids is 2. The summed E-state index contributed by atoms with van der Waals surface area (Å²) in [6.07, 6.45) is 2.98. The molecule has 0 unspecified atom stereocenters. The van der Waals surface area contributed by atoms with E-state index in [1.165, 1.54) is 16.7 Å². The fraction of sp³-hybridized carbons (Fsp3) is 0.333. The van der Waals surface area contributed by atoms with Crippen LogP contribution in [0.15, 0.2) is 66.9 Å². The Morgan fingerprint density at radius 3 is 2.33 bits per heavy atom. The number of amides is 2. The number of hydrogen-bond donors (Lipinski definition) is 2. The lowest BCUT2D eigenvalue weighted by atomic mass is 9.98. The molecule has 33 heavy (non-hydrogen) atoms. The third-order valence-corrected chi connectivity index (χ3v) is 6.42. The standard InChI is InChI=1S/C27H32N4O2/c1-19(2)20-10-12-23(13-11-20)29-27(33)26(32)28-17-25(24-9-6-15-30(24)3)31-16-14-21-7-4-5-8-22(21)18-31/h4-13,15,19,25H,14,16-18H2,1-3H3,(H,28,32)(H,29,33)/t25-/m0/s1. The van der Waals surface area contributed by atoms with Crippen LogP contribution in [0.2, 0.25) is 0 Å². The molecule has 2 heterocycles. The maximum absolute atomic E-state index is 12.6. The van der Waals surface area contributed by atoms with Crippen molar-refractivity contribution in [1.82, 2.24) is 14.8 Å². The Labute approximate surface area is 195 Å². The van der Waals surface area contributed by atoms with Crippen molar-refractivity contribution >= 4 is 17.5 Å². The largest absolute Gasteiger partial charge is 0.353 e. The predicted molar refractivity (Wildman–Crippen MR) is 131 cm³/mol. The fourth-order valence-electron chi connectivity index (χ4n) is 4.43. The Bertz CT molecular complexity index is 1120. The second-order valence-electron chi connectivity index (χ2n) is 8.99. The van der Waals surface area contributed by atoms with Gasteiger partial charge in [-0.25, -0.2) is 0 Å². The fourth-order valence-corrected chi connectivity index (χ4v) is 4.43. The van der Waals surface area contributed by atoms with E-state index in [9.17, 15) is 9.59 Å². The van der Waals surface area contributed by atoms with E-state index >= 15 is 0 Å². The van der Waals surface area contributed by atoms with Gasteiger partial charge in [-0.15, -0.1) is 0 Å². The number of fused-ring (bicyclic) bond motifs is 1. The number of carbonyl (C=O) groups is 2. The Balaban J connectivity index is 1.42. The molecule has 1 aromatic heterocycles. The average molecular weight is 445 g/mol. The second-order valence-corrected chi connectivity index (χ2v) is 8.99. The lowest BCUT2D eigenvalue weighted by molar-refractivity contribution is -0.136. The van der Waals surface area contributed by atoms with Gasteiger partial charge in [-0.05, 0) is 53.3 Å². The molecule has 0 bridgehead atoms. The van der Waals surface area contributed by atoms with Crippen LogP contribution in [0.3, 0.4) is 0 Å². The van der Waals surface area contributed by atoms with Crippen LogP contribution in [-0.4, -0.2) is 34.4 Å². The summed E-state index contributed by atoms with van der Waals surface area (Å²) in [5.41, 5.74) is 5.61. The quantitative estimate of drug-likeness (QED) is 0.565.